The molecule has 0 radical (unpaired) electrons. The third kappa shape index (κ3) is 15.2. The number of allylic oxidation sites excluding steroid dienone is 30. The first-order valence-corrected chi connectivity index (χ1v) is 25.2. The Morgan fingerprint density at radius 2 is 1.15 bits per heavy atom. The molecule has 0 aliphatic heterocycles. The first-order valence-electron chi connectivity index (χ1n) is 25.2. The van der Waals surface area contributed by atoms with E-state index in [-0.39, 0.29) is 0 Å². The van der Waals surface area contributed by atoms with Crippen LogP contribution in [0.1, 0.15) is 86.6 Å². The van der Waals surface area contributed by atoms with E-state index < -0.39 is 0 Å². The largest absolute Gasteiger partial charge is 0.322 e. The van der Waals surface area contributed by atoms with Crippen LogP contribution in [-0.4, -0.2) is 4.90 Å². The summed E-state index contributed by atoms with van der Waals surface area (Å²) in [6.07, 6.45) is 49.4. The monoisotopic (exact) mass is 931 g/mol. The molecule has 71 heavy (non-hydrogen) atoms. The van der Waals surface area contributed by atoms with Gasteiger partial charge in [0.2, 0.25) is 0 Å². The molecule has 4 aromatic carbocycles. The zero-order valence-electron chi connectivity index (χ0n) is 43.6. The number of anilines is 3. The quantitative estimate of drug-likeness (QED) is 0.0815. The number of hydrogen-bond donors (Lipinski definition) is 0. The molecule has 0 saturated carbocycles. The lowest BCUT2D eigenvalue weighted by atomic mass is 9.88. The second kappa shape index (κ2) is 26.9. The molecule has 2 aliphatic carbocycles. The molecular weight excluding hydrogens is 857 g/mol. The van der Waals surface area contributed by atoms with Crippen molar-refractivity contribution < 1.29 is 0 Å². The summed E-state index contributed by atoms with van der Waals surface area (Å²) >= 11 is 0. The summed E-state index contributed by atoms with van der Waals surface area (Å²) in [7, 11) is 0. The summed E-state index contributed by atoms with van der Waals surface area (Å²) in [4.78, 5) is 4.57. The van der Waals surface area contributed by atoms with E-state index in [1.165, 1.54) is 66.5 Å². The fourth-order valence-corrected chi connectivity index (χ4v) is 8.53. The highest BCUT2D eigenvalue weighted by molar-refractivity contribution is 5.89. The number of para-hydroxylation sites is 1. The van der Waals surface area contributed by atoms with Crippen LogP contribution in [0.5, 0.6) is 0 Å². The Kier molecular flexibility index (Phi) is 20.0. The summed E-state index contributed by atoms with van der Waals surface area (Å²) in [6.45, 7) is 25.2. The van der Waals surface area contributed by atoms with Crippen LogP contribution in [0.3, 0.4) is 0 Å². The van der Waals surface area contributed by atoms with Crippen LogP contribution in [0.4, 0.5) is 17.1 Å². The molecule has 0 heterocycles. The lowest BCUT2D eigenvalue weighted by Gasteiger charge is -2.26. The van der Waals surface area contributed by atoms with Gasteiger partial charge >= 0.3 is 0 Å². The highest BCUT2D eigenvalue weighted by Gasteiger charge is 2.15. The average Bonchev–Trinajstić information content (AvgIpc) is 3.41. The minimum atomic E-state index is 0.388. The van der Waals surface area contributed by atoms with Crippen molar-refractivity contribution >= 4 is 33.4 Å². The van der Waals surface area contributed by atoms with E-state index >= 15 is 0 Å². The maximum absolute atomic E-state index is 3.81. The van der Waals surface area contributed by atoms with E-state index in [0.717, 1.165) is 54.1 Å². The van der Waals surface area contributed by atoms with E-state index in [4.69, 9.17) is 0 Å². The molecule has 2 aliphatic rings. The smallest absolute Gasteiger partial charge is 0.0468 e. The van der Waals surface area contributed by atoms with Crippen LogP contribution in [0, 0.1) is 5.92 Å². The van der Waals surface area contributed by atoms with Crippen LogP contribution in [0.15, 0.2) is 294 Å². The molecule has 4 aromatic rings. The molecule has 6 rings (SSSR count). The molecule has 2 heteroatoms. The van der Waals surface area contributed by atoms with Crippen molar-refractivity contribution in [1.82, 2.24) is 4.90 Å². The summed E-state index contributed by atoms with van der Waals surface area (Å²) in [5.41, 5.74) is 18.7. The van der Waals surface area contributed by atoms with Crippen LogP contribution in [-0.2, 0) is 0 Å². The van der Waals surface area contributed by atoms with Crippen LogP contribution in [0.25, 0.3) is 16.3 Å². The molecule has 0 spiro atoms. The lowest BCUT2D eigenvalue weighted by molar-refractivity contribution is 0.580. The van der Waals surface area contributed by atoms with Crippen LogP contribution < -0.4 is 4.90 Å². The molecule has 360 valence electrons. The first kappa shape index (κ1) is 52.7. The highest BCUT2D eigenvalue weighted by Crippen LogP contribution is 2.37. The Balaban J connectivity index is 1.09. The second-order valence-corrected chi connectivity index (χ2v) is 18.4. The average molecular weight is 931 g/mol. The van der Waals surface area contributed by atoms with E-state index in [1.807, 2.05) is 24.3 Å². The van der Waals surface area contributed by atoms with Crippen molar-refractivity contribution in [3.05, 3.63) is 299 Å². The highest BCUT2D eigenvalue weighted by atomic mass is 15.1. The second-order valence-electron chi connectivity index (χ2n) is 18.4. The van der Waals surface area contributed by atoms with Gasteiger partial charge in [-0.2, -0.15) is 0 Å². The van der Waals surface area contributed by atoms with Gasteiger partial charge in [-0.1, -0.05) is 184 Å². The maximum Gasteiger partial charge on any atom is 0.0468 e. The Bertz CT molecular complexity index is 3000. The Morgan fingerprint density at radius 3 is 1.79 bits per heavy atom. The molecule has 1 unspecified atom stereocenters. The van der Waals surface area contributed by atoms with Crippen molar-refractivity contribution in [3.8, 4) is 0 Å². The third-order valence-electron chi connectivity index (χ3n) is 13.4. The number of nitrogens with zero attached hydrogens (tertiary/aromatic N) is 2. The normalized spacial score (nSPS) is 17.0. The van der Waals surface area contributed by atoms with Gasteiger partial charge in [0.05, 0.1) is 0 Å². The van der Waals surface area contributed by atoms with Gasteiger partial charge in [-0.05, 0) is 201 Å². The molecule has 0 amide bonds. The standard InChI is InChI=1S/C69H74N2/c1-11-14-16-22-50-70(66-45-35-59(36-46-66)23-15-12-2)58(10)34-32-55(7)53(5)29-28-52(4)54(6)30-31-56(8)61-38-40-64(41-39-61)60(13-3)37-33-57(9)62-42-47-68(48-43-62)71(67-26-18-17-19-27-67)69-49-44-63-24-20-21-25-65(63)51-69/h11-12,14-35,37-38,40,42-51,59H,1-2,13,36,39,41H2,3-10H3/b16-14-,23-15-,50-22+,52-28+,53-29+,54-30+,55-32+,56-31+,57-33+,58-34+,60-37+. The summed E-state index contributed by atoms with van der Waals surface area (Å²) in [5, 5.41) is 2.47. The SMILES string of the molecule is C=C/C=C\C=C\N(C1=CCC(/C=C\C=C)C=C1)/C(C)=C/C=C(C)/C(C)=C/C=C(C)/C(C)=C/C=C(\C)C1=CC=C(/C(=C/C=C(\C)c2ccc(N(c3ccccc3)c3ccc4ccccc4c3)cc2)CC)CC1. The van der Waals surface area contributed by atoms with Gasteiger partial charge in [0, 0.05) is 34.7 Å². The van der Waals surface area contributed by atoms with E-state index in [1.54, 1.807) is 6.08 Å². The van der Waals surface area contributed by atoms with Gasteiger partial charge in [0.15, 0.2) is 0 Å². The fourth-order valence-electron chi connectivity index (χ4n) is 8.53. The molecule has 0 saturated heterocycles. The van der Waals surface area contributed by atoms with E-state index in [9.17, 15) is 0 Å². The molecular formula is C69H74N2. The predicted molar refractivity (Wildman–Crippen MR) is 314 cm³/mol. The molecule has 1 atom stereocenters. The van der Waals surface area contributed by atoms with Crippen LogP contribution >= 0.6 is 0 Å². The number of fused-ring (bicyclic) bond motifs is 1. The Morgan fingerprint density at radius 1 is 0.563 bits per heavy atom. The Labute approximate surface area is 427 Å². The van der Waals surface area contributed by atoms with Gasteiger partial charge in [-0.15, -0.1) is 0 Å². The molecule has 0 aromatic heterocycles. The number of rotatable bonds is 20. The third-order valence-corrected chi connectivity index (χ3v) is 13.4. The molecule has 2 nitrogen and oxygen atoms in total. The minimum absolute atomic E-state index is 0.388. The fraction of sp³-hybridized carbons (Fsp3) is 0.188. The van der Waals surface area contributed by atoms with Gasteiger partial charge in [0.1, 0.15) is 0 Å². The Hall–Kier alpha value is -7.68. The van der Waals surface area contributed by atoms with Crippen molar-refractivity contribution in [3.63, 3.8) is 0 Å². The summed E-state index contributed by atoms with van der Waals surface area (Å²) < 4.78 is 0. The minimum Gasteiger partial charge on any atom is -0.322 e. The van der Waals surface area contributed by atoms with Crippen molar-refractivity contribution in [2.24, 2.45) is 5.92 Å². The molecule has 0 bridgehead atoms. The zero-order chi connectivity index (χ0) is 50.5. The van der Waals surface area contributed by atoms with Gasteiger partial charge in [0.25, 0.3) is 0 Å². The number of hydrogen-bond acceptors (Lipinski definition) is 2. The molecule has 0 N–H and O–H groups in total. The zero-order valence-corrected chi connectivity index (χ0v) is 43.6. The van der Waals surface area contributed by atoms with E-state index in [0.29, 0.717) is 5.92 Å². The predicted octanol–water partition coefficient (Wildman–Crippen LogP) is 20.1. The van der Waals surface area contributed by atoms with Gasteiger partial charge in [-0.25, -0.2) is 0 Å². The maximum atomic E-state index is 3.81. The summed E-state index contributed by atoms with van der Waals surface area (Å²) in [6, 6.07) is 34.9. The lowest BCUT2D eigenvalue weighted by Crippen LogP contribution is -2.15. The summed E-state index contributed by atoms with van der Waals surface area (Å²) in [5.74, 6) is 0.388. The number of benzene rings is 4. The van der Waals surface area contributed by atoms with Crippen LogP contribution in [0.2, 0.25) is 0 Å². The first-order chi connectivity index (χ1) is 34.5. The van der Waals surface area contributed by atoms with Gasteiger partial charge < -0.3 is 9.80 Å². The molecule has 0 fully saturated rings. The van der Waals surface area contributed by atoms with Crippen molar-refractivity contribution in [1.29, 1.82) is 0 Å². The topological polar surface area (TPSA) is 6.48 Å². The van der Waals surface area contributed by atoms with Gasteiger partial charge in [-0.3, -0.25) is 0 Å². The van der Waals surface area contributed by atoms with E-state index in [2.05, 4.69) is 273 Å². The van der Waals surface area contributed by atoms with Crippen molar-refractivity contribution in [2.75, 3.05) is 4.90 Å². The van der Waals surface area contributed by atoms with Crippen molar-refractivity contribution in [2.45, 2.75) is 81.1 Å².